The van der Waals surface area contributed by atoms with Crippen molar-refractivity contribution in [1.82, 2.24) is 5.27 Å². The Kier molecular flexibility index (Phi) is 4.74. The lowest BCUT2D eigenvalue weighted by Gasteiger charge is -2.04. The van der Waals surface area contributed by atoms with E-state index in [-0.39, 0.29) is 11.7 Å². The number of carbonyl (C=O) groups is 1. The van der Waals surface area contributed by atoms with E-state index in [1.807, 2.05) is 0 Å². The van der Waals surface area contributed by atoms with E-state index in [0.717, 1.165) is 11.8 Å². The third kappa shape index (κ3) is 3.78. The largest absolute Gasteiger partial charge is 0.441 e. The second-order valence-electron chi connectivity index (χ2n) is 3.84. The van der Waals surface area contributed by atoms with Crippen LogP contribution in [0.25, 0.3) is 0 Å². The maximum absolute atomic E-state index is 11.8. The zero-order valence-corrected chi connectivity index (χ0v) is 12.6. The summed E-state index contributed by atoms with van der Waals surface area (Å²) in [7, 11) is 1.61. The van der Waals surface area contributed by atoms with Gasteiger partial charge in [0.05, 0.1) is 5.75 Å². The molecule has 0 unspecified atom stereocenters. The highest BCUT2D eigenvalue weighted by Crippen LogP contribution is 2.22. The number of aryl methyl sites for hydroxylation is 1. The maximum Gasteiger partial charge on any atom is 0.441 e. The fourth-order valence-corrected chi connectivity index (χ4v) is 2.70. The molecule has 0 radical (unpaired) electrons. The Morgan fingerprint density at radius 1 is 1.40 bits per heavy atom. The number of carbonyl (C=O) groups excluding carboxylic acids is 1. The van der Waals surface area contributed by atoms with E-state index >= 15 is 0 Å². The molecule has 0 aliphatic rings. The number of hydrogen-bond acceptors (Lipinski definition) is 4. The SMILES string of the molecule is C[n+]1[nH]oc(=O)c1SCC(=O)Nc1cc(Cl)cc(Cl)c1. The third-order valence-electron chi connectivity index (χ3n) is 2.24. The van der Waals surface area contributed by atoms with Crippen LogP contribution in [0.4, 0.5) is 5.69 Å². The van der Waals surface area contributed by atoms with Gasteiger partial charge in [-0.05, 0) is 35.2 Å². The zero-order chi connectivity index (χ0) is 14.7. The number of nitrogens with zero attached hydrogens (tertiary/aromatic N) is 1. The number of aromatic amines is 1. The van der Waals surface area contributed by atoms with Crippen molar-refractivity contribution in [3.8, 4) is 0 Å². The highest BCUT2D eigenvalue weighted by molar-refractivity contribution is 7.99. The first kappa shape index (κ1) is 15.0. The van der Waals surface area contributed by atoms with Gasteiger partial charge in [-0.3, -0.25) is 9.32 Å². The second kappa shape index (κ2) is 6.34. The number of halogens is 2. The molecule has 0 saturated heterocycles. The molecule has 6 nitrogen and oxygen atoms in total. The van der Waals surface area contributed by atoms with Crippen LogP contribution in [0.15, 0.2) is 32.5 Å². The molecule has 0 fully saturated rings. The van der Waals surface area contributed by atoms with Crippen molar-refractivity contribution < 1.29 is 14.0 Å². The molecule has 2 rings (SSSR count). The normalized spacial score (nSPS) is 10.6. The highest BCUT2D eigenvalue weighted by Gasteiger charge is 2.19. The molecule has 0 saturated carbocycles. The van der Waals surface area contributed by atoms with Crippen LogP contribution in [0.1, 0.15) is 0 Å². The third-order valence-corrected chi connectivity index (χ3v) is 3.80. The number of hydrogen-bond donors (Lipinski definition) is 2. The smallest absolute Gasteiger partial charge is 0.325 e. The van der Waals surface area contributed by atoms with Gasteiger partial charge in [0.25, 0.3) is 0 Å². The van der Waals surface area contributed by atoms with E-state index < -0.39 is 5.63 Å². The van der Waals surface area contributed by atoms with Crippen LogP contribution in [0.2, 0.25) is 10.0 Å². The summed E-state index contributed by atoms with van der Waals surface area (Å²) in [5.74, 6) is -0.227. The predicted octanol–water partition coefficient (Wildman–Crippen LogP) is 1.83. The minimum absolute atomic E-state index is 0.0561. The standard InChI is InChI=1S/C11H9Cl2N3O3S/c1-16-10(11(18)19-15-16)20-5-9(17)14-8-3-6(12)2-7(13)4-8/h2-4H,5H2,1H3,(H-,14,15,17,18)/p+1. The Balaban J connectivity index is 1.98. The molecule has 0 aliphatic carbocycles. The lowest BCUT2D eigenvalue weighted by molar-refractivity contribution is -0.772. The number of rotatable bonds is 4. The summed E-state index contributed by atoms with van der Waals surface area (Å²) in [6.45, 7) is 0. The molecule has 20 heavy (non-hydrogen) atoms. The quantitative estimate of drug-likeness (QED) is 0.660. The molecule has 2 aromatic rings. The number of nitrogens with one attached hydrogen (secondary N) is 2. The van der Waals surface area contributed by atoms with E-state index in [0.29, 0.717) is 20.8 Å². The highest BCUT2D eigenvalue weighted by atomic mass is 35.5. The molecule has 1 aromatic heterocycles. The average Bonchev–Trinajstić information content (AvgIpc) is 2.65. The summed E-state index contributed by atoms with van der Waals surface area (Å²) in [5, 5.41) is 6.18. The van der Waals surface area contributed by atoms with Gasteiger partial charge >= 0.3 is 10.7 Å². The van der Waals surface area contributed by atoms with Crippen LogP contribution < -0.4 is 15.6 Å². The summed E-state index contributed by atoms with van der Waals surface area (Å²) in [4.78, 5) is 23.1. The van der Waals surface area contributed by atoms with E-state index in [9.17, 15) is 9.59 Å². The Hall–Kier alpha value is -1.44. The maximum atomic E-state index is 11.8. The van der Waals surface area contributed by atoms with Crippen molar-refractivity contribution in [2.24, 2.45) is 7.05 Å². The van der Waals surface area contributed by atoms with Gasteiger partial charge in [-0.25, -0.2) is 4.79 Å². The van der Waals surface area contributed by atoms with Crippen LogP contribution in [0.3, 0.4) is 0 Å². The Morgan fingerprint density at radius 3 is 2.60 bits per heavy atom. The average molecular weight is 335 g/mol. The molecule has 0 bridgehead atoms. The second-order valence-corrected chi connectivity index (χ2v) is 5.68. The lowest BCUT2D eigenvalue weighted by Crippen LogP contribution is -2.34. The van der Waals surface area contributed by atoms with Crippen molar-refractivity contribution >= 4 is 46.6 Å². The first-order valence-electron chi connectivity index (χ1n) is 5.42. The number of benzene rings is 1. The van der Waals surface area contributed by atoms with Crippen molar-refractivity contribution in [2.75, 3.05) is 11.1 Å². The summed E-state index contributed by atoms with van der Waals surface area (Å²) in [6, 6.07) is 4.74. The van der Waals surface area contributed by atoms with Crippen LogP contribution in [-0.4, -0.2) is 16.9 Å². The predicted molar refractivity (Wildman–Crippen MR) is 76.3 cm³/mol. The molecule has 106 valence electrons. The fourth-order valence-electron chi connectivity index (χ4n) is 1.44. The molecule has 1 heterocycles. The van der Waals surface area contributed by atoms with Gasteiger partial charge in [0.15, 0.2) is 7.05 Å². The molecule has 0 aliphatic heterocycles. The molecule has 1 amide bonds. The van der Waals surface area contributed by atoms with Crippen LogP contribution in [-0.2, 0) is 11.8 Å². The van der Waals surface area contributed by atoms with Crippen LogP contribution >= 0.6 is 35.0 Å². The van der Waals surface area contributed by atoms with Crippen molar-refractivity contribution in [3.05, 3.63) is 38.7 Å². The van der Waals surface area contributed by atoms with Gasteiger partial charge in [0.1, 0.15) is 0 Å². The number of anilines is 1. The molecule has 1 aromatic carbocycles. The monoisotopic (exact) mass is 334 g/mol. The molecular formula is C11H10Cl2N3O3S+. The molecule has 0 atom stereocenters. The number of aromatic nitrogens is 2. The van der Waals surface area contributed by atoms with Gasteiger partial charge in [-0.2, -0.15) is 0 Å². The van der Waals surface area contributed by atoms with Gasteiger partial charge in [0.2, 0.25) is 5.91 Å². The van der Waals surface area contributed by atoms with Crippen LogP contribution in [0.5, 0.6) is 0 Å². The summed E-state index contributed by atoms with van der Waals surface area (Å²) in [6.07, 6.45) is 0. The van der Waals surface area contributed by atoms with Crippen LogP contribution in [0, 0.1) is 0 Å². The first-order chi connectivity index (χ1) is 9.45. The molecule has 2 N–H and O–H groups in total. The molecule has 0 spiro atoms. The minimum atomic E-state index is -0.518. The van der Waals surface area contributed by atoms with Gasteiger partial charge in [-0.1, -0.05) is 27.9 Å². The topological polar surface area (TPSA) is 79.0 Å². The Morgan fingerprint density at radius 2 is 2.05 bits per heavy atom. The van der Waals surface area contributed by atoms with Crippen molar-refractivity contribution in [1.29, 1.82) is 0 Å². The van der Waals surface area contributed by atoms with E-state index in [4.69, 9.17) is 23.2 Å². The van der Waals surface area contributed by atoms with E-state index in [1.165, 1.54) is 4.68 Å². The van der Waals surface area contributed by atoms with Crippen molar-refractivity contribution in [2.45, 2.75) is 5.03 Å². The number of H-pyrrole nitrogens is 1. The fraction of sp³-hybridized carbons (Fsp3) is 0.182. The number of thioether (sulfide) groups is 1. The Bertz CT molecular complexity index is 678. The van der Waals surface area contributed by atoms with E-state index in [1.54, 1.807) is 25.2 Å². The molecular weight excluding hydrogens is 325 g/mol. The first-order valence-corrected chi connectivity index (χ1v) is 7.16. The lowest BCUT2D eigenvalue weighted by atomic mass is 10.3. The molecule has 9 heteroatoms. The van der Waals surface area contributed by atoms with Gasteiger partial charge in [0, 0.05) is 15.7 Å². The summed E-state index contributed by atoms with van der Waals surface area (Å²) >= 11 is 12.7. The van der Waals surface area contributed by atoms with Crippen molar-refractivity contribution in [3.63, 3.8) is 0 Å². The Labute approximate surface area is 128 Å². The zero-order valence-electron chi connectivity index (χ0n) is 10.3. The van der Waals surface area contributed by atoms with Gasteiger partial charge in [-0.15, -0.1) is 0 Å². The van der Waals surface area contributed by atoms with E-state index in [2.05, 4.69) is 15.1 Å². The number of amides is 1. The van der Waals surface area contributed by atoms with Gasteiger partial charge < -0.3 is 5.32 Å². The summed E-state index contributed by atoms with van der Waals surface area (Å²) < 4.78 is 5.97. The minimum Gasteiger partial charge on any atom is -0.325 e. The summed E-state index contributed by atoms with van der Waals surface area (Å²) in [5.41, 5.74) is -0.0188.